The van der Waals surface area contributed by atoms with Crippen LogP contribution in [0.5, 0.6) is 0 Å². The summed E-state index contributed by atoms with van der Waals surface area (Å²) in [5.41, 5.74) is 1.20. The van der Waals surface area contributed by atoms with Crippen LogP contribution in [0.2, 0.25) is 0 Å². The van der Waals surface area contributed by atoms with Crippen molar-refractivity contribution < 1.29 is 21.8 Å². The van der Waals surface area contributed by atoms with Gasteiger partial charge in [0, 0.05) is 22.6 Å². The summed E-state index contributed by atoms with van der Waals surface area (Å²) in [4.78, 5) is 0. The van der Waals surface area contributed by atoms with Gasteiger partial charge in [0.05, 0.1) is 6.54 Å². The first-order valence-corrected chi connectivity index (χ1v) is 11.4. The van der Waals surface area contributed by atoms with Crippen molar-refractivity contribution in [1.29, 1.82) is 0 Å². The van der Waals surface area contributed by atoms with Gasteiger partial charge in [-0.1, -0.05) is 58.9 Å². The smallest absolute Gasteiger partial charge is 0.314 e. The molecule has 3 rings (SSSR count). The molecule has 0 aliphatic heterocycles. The van der Waals surface area contributed by atoms with E-state index >= 15 is 0 Å². The summed E-state index contributed by atoms with van der Waals surface area (Å²) in [6.45, 7) is 9.87. The number of benzene rings is 2. The van der Waals surface area contributed by atoms with Gasteiger partial charge in [0.2, 0.25) is 5.89 Å². The van der Waals surface area contributed by atoms with Gasteiger partial charge >= 0.3 is 6.43 Å². The molecule has 0 bridgehead atoms. The SMILES string of the molecule is CC.CC.CCS(=O)N(Cc1ccc(-c2nnc(C(F)F)o2)cc1F)c1ccccc1. The fourth-order valence-electron chi connectivity index (χ4n) is 2.43. The Labute approximate surface area is 183 Å². The quantitative estimate of drug-likeness (QED) is 0.405. The van der Waals surface area contributed by atoms with Gasteiger partial charge < -0.3 is 4.42 Å². The molecule has 0 aliphatic rings. The van der Waals surface area contributed by atoms with Crippen LogP contribution in [0, 0.1) is 5.82 Å². The second-order valence-corrected chi connectivity index (χ2v) is 7.20. The van der Waals surface area contributed by atoms with Crippen molar-refractivity contribution in [3.8, 4) is 11.5 Å². The number of aromatic nitrogens is 2. The standard InChI is InChI=1S/C18H16F3N3O2S.2C2H6/c1-2-27(25)24(14-6-4-3-5-7-14)11-13-9-8-12(10-15(13)19)17-22-23-18(26-17)16(20)21;2*1-2/h3-10,16H,2,11H2,1H3;2*1-2H3. The van der Waals surface area contributed by atoms with E-state index in [4.69, 9.17) is 4.42 Å². The summed E-state index contributed by atoms with van der Waals surface area (Å²) in [5.74, 6) is -1.21. The Bertz CT molecular complexity index is 937. The van der Waals surface area contributed by atoms with Crippen molar-refractivity contribution in [2.24, 2.45) is 0 Å². The van der Waals surface area contributed by atoms with Gasteiger partial charge in [0.15, 0.2) is 0 Å². The largest absolute Gasteiger partial charge is 0.415 e. The molecular formula is C22H28F3N3O2S. The average molecular weight is 456 g/mol. The fraction of sp³-hybridized carbons (Fsp3) is 0.364. The molecule has 5 nitrogen and oxygen atoms in total. The topological polar surface area (TPSA) is 59.2 Å². The summed E-state index contributed by atoms with van der Waals surface area (Å²) >= 11 is 0. The highest BCUT2D eigenvalue weighted by atomic mass is 32.2. The minimum atomic E-state index is -2.89. The van der Waals surface area contributed by atoms with E-state index in [1.54, 1.807) is 23.4 Å². The molecule has 0 spiro atoms. The Hall–Kier alpha value is -2.68. The Morgan fingerprint density at radius 2 is 1.68 bits per heavy atom. The first kappa shape index (κ1) is 26.4. The minimum Gasteiger partial charge on any atom is -0.415 e. The lowest BCUT2D eigenvalue weighted by atomic mass is 10.1. The third-order valence-electron chi connectivity index (χ3n) is 3.78. The maximum atomic E-state index is 14.6. The molecule has 1 unspecified atom stereocenters. The van der Waals surface area contributed by atoms with Crippen LogP contribution in [0.4, 0.5) is 18.9 Å². The molecule has 2 aromatic carbocycles. The predicted octanol–water partition coefficient (Wildman–Crippen LogP) is 6.56. The molecule has 0 saturated heterocycles. The maximum Gasteiger partial charge on any atom is 0.314 e. The Balaban J connectivity index is 0.00000113. The van der Waals surface area contributed by atoms with Crippen LogP contribution in [0.1, 0.15) is 52.5 Å². The van der Waals surface area contributed by atoms with Gasteiger partial charge in [-0.15, -0.1) is 10.2 Å². The lowest BCUT2D eigenvalue weighted by molar-refractivity contribution is 0.116. The number of alkyl halides is 2. The molecule has 0 aliphatic carbocycles. The Morgan fingerprint density at radius 3 is 2.19 bits per heavy atom. The van der Waals surface area contributed by atoms with Gasteiger partial charge in [0.1, 0.15) is 16.8 Å². The number of nitrogens with zero attached hydrogens (tertiary/aromatic N) is 3. The van der Waals surface area contributed by atoms with Gasteiger partial charge in [0.25, 0.3) is 5.89 Å². The van der Waals surface area contributed by atoms with E-state index in [0.717, 1.165) is 6.07 Å². The zero-order valence-electron chi connectivity index (χ0n) is 18.3. The van der Waals surface area contributed by atoms with Crippen LogP contribution in [0.25, 0.3) is 11.5 Å². The number of hydrogen-bond acceptors (Lipinski definition) is 4. The highest BCUT2D eigenvalue weighted by Crippen LogP contribution is 2.26. The number of para-hydroxylation sites is 1. The summed E-state index contributed by atoms with van der Waals surface area (Å²) < 4.78 is 58.5. The Morgan fingerprint density at radius 1 is 1.03 bits per heavy atom. The van der Waals surface area contributed by atoms with Crippen LogP contribution in [-0.2, 0) is 17.5 Å². The van der Waals surface area contributed by atoms with E-state index in [2.05, 4.69) is 10.2 Å². The summed E-state index contributed by atoms with van der Waals surface area (Å²) in [5, 5.41) is 6.74. The molecule has 0 saturated carbocycles. The molecular weight excluding hydrogens is 427 g/mol. The van der Waals surface area contributed by atoms with Crippen molar-refractivity contribution in [3.05, 3.63) is 65.8 Å². The molecule has 3 aromatic rings. The average Bonchev–Trinajstić information content (AvgIpc) is 3.32. The zero-order valence-corrected chi connectivity index (χ0v) is 19.1. The summed E-state index contributed by atoms with van der Waals surface area (Å²) in [6, 6.07) is 13.2. The van der Waals surface area contributed by atoms with Crippen LogP contribution in [0.15, 0.2) is 52.9 Å². The number of hydrogen-bond donors (Lipinski definition) is 0. The highest BCUT2D eigenvalue weighted by molar-refractivity contribution is 7.86. The van der Waals surface area contributed by atoms with Crippen LogP contribution >= 0.6 is 0 Å². The first-order chi connectivity index (χ1) is 15.0. The number of rotatable bonds is 7. The molecule has 0 amide bonds. The van der Waals surface area contributed by atoms with Crippen molar-refractivity contribution in [1.82, 2.24) is 10.2 Å². The molecule has 1 atom stereocenters. The minimum absolute atomic E-state index is 0.0860. The van der Waals surface area contributed by atoms with Gasteiger partial charge in [-0.2, -0.15) is 8.78 Å². The van der Waals surface area contributed by atoms with Crippen molar-refractivity contribution >= 4 is 16.7 Å². The molecule has 31 heavy (non-hydrogen) atoms. The molecule has 170 valence electrons. The lowest BCUT2D eigenvalue weighted by Crippen LogP contribution is -2.26. The zero-order chi connectivity index (χ0) is 23.4. The van der Waals surface area contributed by atoms with Crippen LogP contribution < -0.4 is 4.31 Å². The molecule has 1 aromatic heterocycles. The molecule has 0 radical (unpaired) electrons. The van der Waals surface area contributed by atoms with E-state index < -0.39 is 29.1 Å². The van der Waals surface area contributed by atoms with Crippen LogP contribution in [-0.4, -0.2) is 20.2 Å². The van der Waals surface area contributed by atoms with Crippen LogP contribution in [0.3, 0.4) is 0 Å². The second kappa shape index (κ2) is 13.6. The lowest BCUT2D eigenvalue weighted by Gasteiger charge is -2.23. The van der Waals surface area contributed by atoms with E-state index in [0.29, 0.717) is 17.0 Å². The summed E-state index contributed by atoms with van der Waals surface area (Å²) in [6.07, 6.45) is -2.89. The number of anilines is 1. The Kier molecular flexibility index (Phi) is 11.6. The second-order valence-electron chi connectivity index (χ2n) is 5.53. The van der Waals surface area contributed by atoms with Crippen molar-refractivity contribution in [3.63, 3.8) is 0 Å². The molecule has 1 heterocycles. The normalized spacial score (nSPS) is 11.1. The third-order valence-corrected chi connectivity index (χ3v) is 5.10. The molecule has 0 fully saturated rings. The van der Waals surface area contributed by atoms with Gasteiger partial charge in [-0.05, 0) is 24.3 Å². The maximum absolute atomic E-state index is 14.6. The predicted molar refractivity (Wildman–Crippen MR) is 119 cm³/mol. The molecule has 0 N–H and O–H groups in total. The van der Waals surface area contributed by atoms with E-state index in [-0.39, 0.29) is 18.0 Å². The summed E-state index contributed by atoms with van der Waals surface area (Å²) in [7, 11) is -1.33. The molecule has 9 heteroatoms. The first-order valence-electron chi connectivity index (χ1n) is 10.1. The fourth-order valence-corrected chi connectivity index (χ4v) is 3.39. The van der Waals surface area contributed by atoms with E-state index in [9.17, 15) is 17.4 Å². The van der Waals surface area contributed by atoms with Gasteiger partial charge in [-0.25, -0.2) is 8.60 Å². The highest BCUT2D eigenvalue weighted by Gasteiger charge is 2.19. The van der Waals surface area contributed by atoms with E-state index in [1.165, 1.54) is 12.1 Å². The third kappa shape index (κ3) is 7.20. The van der Waals surface area contributed by atoms with E-state index in [1.807, 2.05) is 45.9 Å². The monoisotopic (exact) mass is 455 g/mol. The van der Waals surface area contributed by atoms with Gasteiger partial charge in [-0.3, -0.25) is 4.31 Å². The van der Waals surface area contributed by atoms with Crippen molar-refractivity contribution in [2.75, 3.05) is 10.1 Å². The number of halogens is 3. The van der Waals surface area contributed by atoms with Crippen molar-refractivity contribution in [2.45, 2.75) is 47.6 Å².